The zero-order valence-electron chi connectivity index (χ0n) is 17.2. The van der Waals surface area contributed by atoms with E-state index in [0.29, 0.717) is 5.56 Å². The second-order valence-corrected chi connectivity index (χ2v) is 6.54. The van der Waals surface area contributed by atoms with Crippen molar-refractivity contribution < 1.29 is 9.53 Å². The van der Waals surface area contributed by atoms with Crippen molar-refractivity contribution in [2.75, 3.05) is 20.7 Å². The van der Waals surface area contributed by atoms with Crippen molar-refractivity contribution in [1.82, 2.24) is 4.90 Å². The minimum atomic E-state index is -0.0548. The molecule has 2 aromatic carbocycles. The number of methoxy groups -OCH3 is 1. The first-order valence-corrected chi connectivity index (χ1v) is 9.32. The Bertz CT molecular complexity index is 755. The maximum Gasteiger partial charge on any atom is 0.167 e. The van der Waals surface area contributed by atoms with E-state index in [1.54, 1.807) is 25.3 Å². The summed E-state index contributed by atoms with van der Waals surface area (Å²) in [6.45, 7) is 10.5. The molecule has 3 heteroatoms. The first kappa shape index (κ1) is 23.1. The number of benzene rings is 2. The van der Waals surface area contributed by atoms with E-state index in [9.17, 15) is 4.79 Å². The van der Waals surface area contributed by atoms with Gasteiger partial charge in [0, 0.05) is 24.6 Å². The van der Waals surface area contributed by atoms with E-state index in [-0.39, 0.29) is 11.7 Å². The van der Waals surface area contributed by atoms with Crippen LogP contribution in [0.3, 0.4) is 0 Å². The Kier molecular flexibility index (Phi) is 11.0. The van der Waals surface area contributed by atoms with Gasteiger partial charge < -0.3 is 9.64 Å². The number of Topliss-reactive ketones (excluding diaryl/α,β-unsaturated/α-hetero) is 1. The average Bonchev–Trinajstić information content (AvgIpc) is 2.72. The van der Waals surface area contributed by atoms with Gasteiger partial charge in [-0.3, -0.25) is 4.79 Å². The van der Waals surface area contributed by atoms with Crippen LogP contribution in [-0.2, 0) is 6.54 Å². The fourth-order valence-electron chi connectivity index (χ4n) is 2.73. The molecule has 0 heterocycles. The monoisotopic (exact) mass is 377 g/mol. The van der Waals surface area contributed by atoms with Gasteiger partial charge in [0.25, 0.3) is 0 Å². The molecule has 0 radical (unpaired) electrons. The molecule has 0 amide bonds. The lowest BCUT2D eigenvalue weighted by molar-refractivity contribution is 0.0900. The number of carbonyl (C=O) groups is 1. The largest absolute Gasteiger partial charge is 0.497 e. The SMILES string of the molecule is C=C/C=C\C=C.COc1cccc(C(=O)[C@@H](C)CN(C)Cc2ccccc2)c1. The Morgan fingerprint density at radius 3 is 2.29 bits per heavy atom. The van der Waals surface area contributed by atoms with Crippen LogP contribution >= 0.6 is 0 Å². The number of hydrogen-bond donors (Lipinski definition) is 0. The molecule has 0 aliphatic carbocycles. The number of ether oxygens (including phenoxy) is 1. The van der Waals surface area contributed by atoms with Crippen LogP contribution in [0.15, 0.2) is 92.1 Å². The average molecular weight is 378 g/mol. The van der Waals surface area contributed by atoms with E-state index < -0.39 is 0 Å². The zero-order valence-corrected chi connectivity index (χ0v) is 17.2. The van der Waals surface area contributed by atoms with Gasteiger partial charge in [0.05, 0.1) is 7.11 Å². The highest BCUT2D eigenvalue weighted by atomic mass is 16.5. The molecule has 0 saturated heterocycles. The highest BCUT2D eigenvalue weighted by Gasteiger charge is 2.17. The third-order valence-electron chi connectivity index (χ3n) is 4.07. The molecule has 0 N–H and O–H groups in total. The number of allylic oxidation sites excluding steroid dienone is 4. The van der Waals surface area contributed by atoms with Gasteiger partial charge in [0.15, 0.2) is 5.78 Å². The fourth-order valence-corrected chi connectivity index (χ4v) is 2.73. The smallest absolute Gasteiger partial charge is 0.167 e. The van der Waals surface area contributed by atoms with E-state index >= 15 is 0 Å². The topological polar surface area (TPSA) is 29.5 Å². The summed E-state index contributed by atoms with van der Waals surface area (Å²) >= 11 is 0. The molecule has 2 aromatic rings. The van der Waals surface area contributed by atoms with Gasteiger partial charge in [-0.15, -0.1) is 0 Å². The third kappa shape index (κ3) is 8.65. The summed E-state index contributed by atoms with van der Waals surface area (Å²) in [6.07, 6.45) is 7.07. The van der Waals surface area contributed by atoms with Crippen LogP contribution in [0.1, 0.15) is 22.8 Å². The number of ketones is 1. The summed E-state index contributed by atoms with van der Waals surface area (Å²) in [5.41, 5.74) is 1.96. The van der Waals surface area contributed by atoms with Crippen LogP contribution in [0.2, 0.25) is 0 Å². The van der Waals surface area contributed by atoms with E-state index in [2.05, 4.69) is 30.2 Å². The highest BCUT2D eigenvalue weighted by molar-refractivity contribution is 5.98. The van der Waals surface area contributed by atoms with E-state index in [1.807, 2.05) is 62.5 Å². The van der Waals surface area contributed by atoms with Gasteiger partial charge >= 0.3 is 0 Å². The number of hydrogen-bond acceptors (Lipinski definition) is 3. The van der Waals surface area contributed by atoms with Gasteiger partial charge in [-0.05, 0) is 24.7 Å². The molecule has 0 unspecified atom stereocenters. The van der Waals surface area contributed by atoms with Crippen LogP contribution in [0.4, 0.5) is 0 Å². The summed E-state index contributed by atoms with van der Waals surface area (Å²) in [7, 11) is 3.66. The quantitative estimate of drug-likeness (QED) is 0.423. The first-order chi connectivity index (χ1) is 13.5. The predicted molar refractivity (Wildman–Crippen MR) is 119 cm³/mol. The first-order valence-electron chi connectivity index (χ1n) is 9.32. The van der Waals surface area contributed by atoms with E-state index in [0.717, 1.165) is 18.8 Å². The van der Waals surface area contributed by atoms with Gasteiger partial charge in [-0.25, -0.2) is 0 Å². The molecule has 0 fully saturated rings. The third-order valence-corrected chi connectivity index (χ3v) is 4.07. The van der Waals surface area contributed by atoms with Crippen molar-refractivity contribution in [2.45, 2.75) is 13.5 Å². The minimum absolute atomic E-state index is 0.0548. The van der Waals surface area contributed by atoms with Gasteiger partial charge in [-0.2, -0.15) is 0 Å². The molecule has 0 bridgehead atoms. The Balaban J connectivity index is 0.000000568. The lowest BCUT2D eigenvalue weighted by atomic mass is 9.98. The van der Waals surface area contributed by atoms with Crippen molar-refractivity contribution in [3.63, 3.8) is 0 Å². The second kappa shape index (κ2) is 13.3. The Hall–Kier alpha value is -2.91. The normalized spacial score (nSPS) is 11.4. The van der Waals surface area contributed by atoms with Crippen LogP contribution < -0.4 is 4.74 Å². The standard InChI is InChI=1S/C19H23NO2.C6H8/c1-15(13-20(2)14-16-8-5-4-6-9-16)19(21)17-10-7-11-18(12-17)22-3;1-3-5-6-4-2/h4-12,15H,13-14H2,1-3H3;3-6H,1-2H2/b;6-5-/t15-;/m0./s1. The lowest BCUT2D eigenvalue weighted by Gasteiger charge is -2.21. The molecule has 0 spiro atoms. The maximum absolute atomic E-state index is 12.5. The number of rotatable bonds is 9. The van der Waals surface area contributed by atoms with Crippen molar-refractivity contribution >= 4 is 5.78 Å². The molecule has 148 valence electrons. The van der Waals surface area contributed by atoms with Crippen molar-refractivity contribution in [2.24, 2.45) is 5.92 Å². The second-order valence-electron chi connectivity index (χ2n) is 6.54. The highest BCUT2D eigenvalue weighted by Crippen LogP contribution is 2.17. The van der Waals surface area contributed by atoms with Crippen LogP contribution in [0.5, 0.6) is 5.75 Å². The maximum atomic E-state index is 12.5. The molecule has 0 saturated carbocycles. The molecule has 0 aliphatic heterocycles. The predicted octanol–water partition coefficient (Wildman–Crippen LogP) is 5.56. The van der Waals surface area contributed by atoms with Gasteiger partial charge in [0.2, 0.25) is 0 Å². The molecular formula is C25H31NO2. The summed E-state index contributed by atoms with van der Waals surface area (Å²) in [4.78, 5) is 14.7. The van der Waals surface area contributed by atoms with Gasteiger partial charge in [0.1, 0.15) is 5.75 Å². The van der Waals surface area contributed by atoms with Crippen molar-refractivity contribution in [3.8, 4) is 5.75 Å². The van der Waals surface area contributed by atoms with Gasteiger partial charge in [-0.1, -0.05) is 86.9 Å². The Morgan fingerprint density at radius 2 is 1.71 bits per heavy atom. The summed E-state index contributed by atoms with van der Waals surface area (Å²) in [5.74, 6) is 0.815. The summed E-state index contributed by atoms with van der Waals surface area (Å²) < 4.78 is 5.18. The summed E-state index contributed by atoms with van der Waals surface area (Å²) in [5, 5.41) is 0. The molecule has 0 aromatic heterocycles. The molecule has 0 aliphatic rings. The number of carbonyl (C=O) groups excluding carboxylic acids is 1. The molecular weight excluding hydrogens is 346 g/mol. The van der Waals surface area contributed by atoms with Crippen LogP contribution in [0.25, 0.3) is 0 Å². The fraction of sp³-hybridized carbons (Fsp3) is 0.240. The summed E-state index contributed by atoms with van der Waals surface area (Å²) in [6, 6.07) is 17.6. The Morgan fingerprint density at radius 1 is 1.07 bits per heavy atom. The molecule has 3 nitrogen and oxygen atoms in total. The molecule has 1 atom stereocenters. The zero-order chi connectivity index (χ0) is 20.8. The van der Waals surface area contributed by atoms with Crippen molar-refractivity contribution in [1.29, 1.82) is 0 Å². The number of nitrogens with zero attached hydrogens (tertiary/aromatic N) is 1. The Labute approximate surface area is 169 Å². The molecule has 2 rings (SSSR count). The van der Waals surface area contributed by atoms with E-state index in [4.69, 9.17) is 4.74 Å². The van der Waals surface area contributed by atoms with Crippen LogP contribution in [-0.4, -0.2) is 31.4 Å². The minimum Gasteiger partial charge on any atom is -0.497 e. The molecule has 28 heavy (non-hydrogen) atoms. The lowest BCUT2D eigenvalue weighted by Crippen LogP contribution is -2.28. The van der Waals surface area contributed by atoms with Crippen molar-refractivity contribution in [3.05, 3.63) is 103 Å². The van der Waals surface area contributed by atoms with Crippen LogP contribution in [0, 0.1) is 5.92 Å². The van der Waals surface area contributed by atoms with E-state index in [1.165, 1.54) is 5.56 Å².